The molecule has 1 aromatic carbocycles. The van der Waals surface area contributed by atoms with Gasteiger partial charge in [-0.05, 0) is 26.0 Å². The molecule has 2 aromatic rings. The summed E-state index contributed by atoms with van der Waals surface area (Å²) in [6, 6.07) is 7.68. The molecule has 0 aliphatic carbocycles. The van der Waals surface area contributed by atoms with Crippen molar-refractivity contribution in [1.29, 1.82) is 0 Å². The molecule has 0 spiro atoms. The van der Waals surface area contributed by atoms with E-state index in [9.17, 15) is 4.79 Å². The smallest absolute Gasteiger partial charge is 0.225 e. The number of rotatable bonds is 8. The van der Waals surface area contributed by atoms with Crippen molar-refractivity contribution in [2.75, 3.05) is 7.11 Å². The zero-order valence-electron chi connectivity index (χ0n) is 15.5. The standard InChI is InChI=1S/C19H26N2O3S/c1-13(2)19(22)21(14(3)4)10-15-12-25-18(20-15)11-24-17-9-7-6-8-16(17)23-5/h6-9,12-14H,10-11H2,1-5H3. The van der Waals surface area contributed by atoms with E-state index in [-0.39, 0.29) is 17.9 Å². The van der Waals surface area contributed by atoms with Gasteiger partial charge in [-0.15, -0.1) is 11.3 Å². The summed E-state index contributed by atoms with van der Waals surface area (Å²) in [5.74, 6) is 1.53. The maximum atomic E-state index is 12.3. The predicted molar refractivity (Wildman–Crippen MR) is 100.0 cm³/mol. The van der Waals surface area contributed by atoms with Crippen LogP contribution in [-0.2, 0) is 17.9 Å². The van der Waals surface area contributed by atoms with Crippen molar-refractivity contribution in [2.45, 2.75) is 46.9 Å². The second-order valence-electron chi connectivity index (χ2n) is 6.39. The SMILES string of the molecule is COc1ccccc1OCc1nc(CN(C(=O)C(C)C)C(C)C)cs1. The molecule has 0 saturated heterocycles. The quantitative estimate of drug-likeness (QED) is 0.709. The van der Waals surface area contributed by atoms with E-state index in [1.807, 2.05) is 62.2 Å². The Bertz CT molecular complexity index is 697. The molecule has 0 aliphatic rings. The fourth-order valence-electron chi connectivity index (χ4n) is 2.39. The number of benzene rings is 1. The highest BCUT2D eigenvalue weighted by Gasteiger charge is 2.21. The molecule has 6 heteroatoms. The van der Waals surface area contributed by atoms with E-state index in [0.29, 0.717) is 24.7 Å². The van der Waals surface area contributed by atoms with Crippen molar-refractivity contribution >= 4 is 17.2 Å². The van der Waals surface area contributed by atoms with Crippen LogP contribution in [0.15, 0.2) is 29.6 Å². The Morgan fingerprint density at radius 2 is 1.88 bits per heavy atom. The van der Waals surface area contributed by atoms with Crippen LogP contribution in [0.3, 0.4) is 0 Å². The minimum absolute atomic E-state index is 0.0191. The van der Waals surface area contributed by atoms with Crippen LogP contribution < -0.4 is 9.47 Å². The first-order valence-electron chi connectivity index (χ1n) is 8.42. The fraction of sp³-hybridized carbons (Fsp3) is 0.474. The number of para-hydroxylation sites is 2. The Balaban J connectivity index is 2.00. The highest BCUT2D eigenvalue weighted by molar-refractivity contribution is 7.09. The zero-order valence-corrected chi connectivity index (χ0v) is 16.3. The number of hydrogen-bond acceptors (Lipinski definition) is 5. The van der Waals surface area contributed by atoms with E-state index in [0.717, 1.165) is 10.7 Å². The molecule has 0 N–H and O–H groups in total. The minimum atomic E-state index is -0.0191. The summed E-state index contributed by atoms with van der Waals surface area (Å²) in [4.78, 5) is 18.8. The van der Waals surface area contributed by atoms with Crippen molar-refractivity contribution in [3.63, 3.8) is 0 Å². The lowest BCUT2D eigenvalue weighted by atomic mass is 10.1. The predicted octanol–water partition coefficient (Wildman–Crippen LogP) is 4.12. The van der Waals surface area contributed by atoms with E-state index < -0.39 is 0 Å². The molecular formula is C19H26N2O3S. The van der Waals surface area contributed by atoms with Gasteiger partial charge in [0.05, 0.1) is 19.3 Å². The van der Waals surface area contributed by atoms with Crippen LogP contribution in [0.2, 0.25) is 0 Å². The Hall–Kier alpha value is -2.08. The number of ether oxygens (including phenoxy) is 2. The minimum Gasteiger partial charge on any atom is -0.493 e. The average Bonchev–Trinajstić information content (AvgIpc) is 3.04. The van der Waals surface area contributed by atoms with Crippen molar-refractivity contribution in [3.8, 4) is 11.5 Å². The van der Waals surface area contributed by atoms with Crippen LogP contribution in [0.4, 0.5) is 0 Å². The topological polar surface area (TPSA) is 51.7 Å². The molecule has 0 radical (unpaired) electrons. The largest absolute Gasteiger partial charge is 0.493 e. The summed E-state index contributed by atoms with van der Waals surface area (Å²) in [6.07, 6.45) is 0. The normalized spacial score (nSPS) is 11.0. The maximum Gasteiger partial charge on any atom is 0.225 e. The van der Waals surface area contributed by atoms with Gasteiger partial charge >= 0.3 is 0 Å². The average molecular weight is 362 g/mol. The highest BCUT2D eigenvalue weighted by Crippen LogP contribution is 2.27. The third kappa shape index (κ3) is 5.19. The number of carbonyl (C=O) groups is 1. The first-order valence-corrected chi connectivity index (χ1v) is 9.30. The molecule has 0 fully saturated rings. The van der Waals surface area contributed by atoms with Gasteiger partial charge in [-0.25, -0.2) is 4.98 Å². The van der Waals surface area contributed by atoms with Gasteiger partial charge in [-0.1, -0.05) is 26.0 Å². The Morgan fingerprint density at radius 3 is 2.48 bits per heavy atom. The number of hydrogen-bond donors (Lipinski definition) is 0. The Labute approximate surface area is 153 Å². The molecule has 2 rings (SSSR count). The first kappa shape index (κ1) is 19.2. The molecule has 0 aliphatic heterocycles. The molecule has 25 heavy (non-hydrogen) atoms. The van der Waals surface area contributed by atoms with E-state index in [1.165, 1.54) is 0 Å². The van der Waals surface area contributed by atoms with Gasteiger partial charge in [-0.2, -0.15) is 0 Å². The number of thiazole rings is 1. The summed E-state index contributed by atoms with van der Waals surface area (Å²) in [5.41, 5.74) is 0.895. The molecule has 0 saturated carbocycles. The van der Waals surface area contributed by atoms with Crippen LogP contribution in [0.25, 0.3) is 0 Å². The summed E-state index contributed by atoms with van der Waals surface area (Å²) in [7, 11) is 1.62. The third-order valence-electron chi connectivity index (χ3n) is 3.75. The maximum absolute atomic E-state index is 12.3. The molecule has 5 nitrogen and oxygen atoms in total. The summed E-state index contributed by atoms with van der Waals surface area (Å²) >= 11 is 1.54. The van der Waals surface area contributed by atoms with Gasteiger partial charge in [-0.3, -0.25) is 4.79 Å². The van der Waals surface area contributed by atoms with E-state index >= 15 is 0 Å². The van der Waals surface area contributed by atoms with Crippen LogP contribution in [-0.4, -0.2) is 28.9 Å². The fourth-order valence-corrected chi connectivity index (χ4v) is 3.08. The first-order chi connectivity index (χ1) is 11.9. The second kappa shape index (κ2) is 8.85. The van der Waals surface area contributed by atoms with Crippen LogP contribution in [0, 0.1) is 5.92 Å². The summed E-state index contributed by atoms with van der Waals surface area (Å²) < 4.78 is 11.1. The van der Waals surface area contributed by atoms with Crippen molar-refractivity contribution in [1.82, 2.24) is 9.88 Å². The molecule has 1 heterocycles. The van der Waals surface area contributed by atoms with Crippen molar-refractivity contribution in [3.05, 3.63) is 40.3 Å². The van der Waals surface area contributed by atoms with Gasteiger partial charge in [0.15, 0.2) is 11.5 Å². The molecule has 0 atom stereocenters. The summed E-state index contributed by atoms with van der Waals surface area (Å²) in [6.45, 7) is 8.80. The molecule has 1 aromatic heterocycles. The Kier molecular flexibility index (Phi) is 6.82. The Morgan fingerprint density at radius 1 is 1.20 bits per heavy atom. The van der Waals surface area contributed by atoms with Gasteiger partial charge in [0.2, 0.25) is 5.91 Å². The van der Waals surface area contributed by atoms with Gasteiger partial charge in [0, 0.05) is 17.3 Å². The van der Waals surface area contributed by atoms with E-state index in [2.05, 4.69) is 4.98 Å². The van der Waals surface area contributed by atoms with Crippen LogP contribution >= 0.6 is 11.3 Å². The van der Waals surface area contributed by atoms with E-state index in [4.69, 9.17) is 9.47 Å². The summed E-state index contributed by atoms with van der Waals surface area (Å²) in [5, 5.41) is 2.87. The number of carbonyl (C=O) groups excluding carboxylic acids is 1. The zero-order chi connectivity index (χ0) is 18.4. The molecule has 1 amide bonds. The van der Waals surface area contributed by atoms with Gasteiger partial charge < -0.3 is 14.4 Å². The molecule has 0 unspecified atom stereocenters. The lowest BCUT2D eigenvalue weighted by Crippen LogP contribution is -2.39. The highest BCUT2D eigenvalue weighted by atomic mass is 32.1. The van der Waals surface area contributed by atoms with E-state index in [1.54, 1.807) is 18.4 Å². The number of methoxy groups -OCH3 is 1. The van der Waals surface area contributed by atoms with Gasteiger partial charge in [0.25, 0.3) is 0 Å². The second-order valence-corrected chi connectivity index (χ2v) is 7.33. The number of nitrogens with zero attached hydrogens (tertiary/aromatic N) is 2. The van der Waals surface area contributed by atoms with Crippen molar-refractivity contribution in [2.24, 2.45) is 5.92 Å². The molecular weight excluding hydrogens is 336 g/mol. The molecule has 0 bridgehead atoms. The van der Waals surface area contributed by atoms with Crippen molar-refractivity contribution < 1.29 is 14.3 Å². The lowest BCUT2D eigenvalue weighted by Gasteiger charge is -2.27. The lowest BCUT2D eigenvalue weighted by molar-refractivity contribution is -0.136. The molecule has 136 valence electrons. The monoisotopic (exact) mass is 362 g/mol. The van der Waals surface area contributed by atoms with Crippen LogP contribution in [0.5, 0.6) is 11.5 Å². The number of aromatic nitrogens is 1. The van der Waals surface area contributed by atoms with Crippen LogP contribution in [0.1, 0.15) is 38.4 Å². The number of amides is 1. The van der Waals surface area contributed by atoms with Gasteiger partial charge in [0.1, 0.15) is 11.6 Å². The third-order valence-corrected chi connectivity index (χ3v) is 4.62.